The maximum Gasteiger partial charge on any atom is 0.337 e. The van der Waals surface area contributed by atoms with E-state index in [1.165, 1.54) is 0 Å². The Morgan fingerprint density at radius 1 is 1.23 bits per heavy atom. The van der Waals surface area contributed by atoms with Crippen LogP contribution in [-0.2, 0) is 0 Å². The van der Waals surface area contributed by atoms with E-state index in [1.54, 1.807) is 23.5 Å². The van der Waals surface area contributed by atoms with Crippen molar-refractivity contribution >= 4 is 33.2 Å². The lowest BCUT2D eigenvalue weighted by Gasteiger charge is -2.34. The van der Waals surface area contributed by atoms with Gasteiger partial charge in [0.05, 0.1) is 28.1 Å². The van der Waals surface area contributed by atoms with Gasteiger partial charge in [0.15, 0.2) is 0 Å². The average Bonchev–Trinajstić information content (AvgIpc) is 3.09. The Morgan fingerprint density at radius 3 is 2.88 bits per heavy atom. The number of piperidine rings is 1. The molecule has 5 nitrogen and oxygen atoms in total. The zero-order valence-corrected chi connectivity index (χ0v) is 15.1. The van der Waals surface area contributed by atoms with Gasteiger partial charge in [0.2, 0.25) is 0 Å². The van der Waals surface area contributed by atoms with Crippen LogP contribution in [0.5, 0.6) is 5.19 Å². The second kappa shape index (κ2) is 7.33. The number of hydrogen-bond acceptors (Lipinski definition) is 5. The largest absolute Gasteiger partial charge is 0.478 e. The topological polar surface area (TPSA) is 62.7 Å². The van der Waals surface area contributed by atoms with Crippen molar-refractivity contribution in [2.75, 3.05) is 24.6 Å². The van der Waals surface area contributed by atoms with Gasteiger partial charge in [0, 0.05) is 19.0 Å². The fraction of sp³-hybridized carbons (Fsp3) is 0.300. The predicted molar refractivity (Wildman–Crippen MR) is 103 cm³/mol. The van der Waals surface area contributed by atoms with Crippen LogP contribution in [0.4, 0.5) is 5.69 Å². The minimum Gasteiger partial charge on any atom is -0.478 e. The van der Waals surface area contributed by atoms with Crippen molar-refractivity contribution in [3.8, 4) is 5.19 Å². The lowest BCUT2D eigenvalue weighted by molar-refractivity contribution is 0.0697. The number of carboxylic acids is 1. The van der Waals surface area contributed by atoms with E-state index in [0.717, 1.165) is 41.8 Å². The second-order valence-corrected chi connectivity index (χ2v) is 7.53. The van der Waals surface area contributed by atoms with Gasteiger partial charge >= 0.3 is 5.97 Å². The molecule has 1 aliphatic heterocycles. The van der Waals surface area contributed by atoms with E-state index in [-0.39, 0.29) is 0 Å². The molecule has 2 aromatic carbocycles. The van der Waals surface area contributed by atoms with Crippen LogP contribution in [0.2, 0.25) is 0 Å². The van der Waals surface area contributed by atoms with E-state index in [1.807, 2.05) is 36.4 Å². The van der Waals surface area contributed by atoms with Crippen LogP contribution in [0.25, 0.3) is 10.2 Å². The minimum atomic E-state index is -0.881. The maximum absolute atomic E-state index is 11.5. The van der Waals surface area contributed by atoms with Crippen LogP contribution >= 0.6 is 11.3 Å². The molecule has 1 N–H and O–H groups in total. The number of nitrogens with zero attached hydrogens (tertiary/aromatic N) is 2. The Kier molecular flexibility index (Phi) is 4.75. The molecule has 0 aliphatic carbocycles. The first kappa shape index (κ1) is 16.8. The van der Waals surface area contributed by atoms with Gasteiger partial charge in [-0.2, -0.15) is 0 Å². The predicted octanol–water partition coefficient (Wildman–Crippen LogP) is 4.29. The quantitative estimate of drug-likeness (QED) is 0.728. The van der Waals surface area contributed by atoms with Gasteiger partial charge in [0.1, 0.15) is 0 Å². The van der Waals surface area contributed by atoms with E-state index in [0.29, 0.717) is 23.3 Å². The minimum absolute atomic E-state index is 0.359. The number of ether oxygens (including phenoxy) is 1. The van der Waals surface area contributed by atoms with Gasteiger partial charge in [-0.1, -0.05) is 35.6 Å². The summed E-state index contributed by atoms with van der Waals surface area (Å²) in [6.07, 6.45) is 2.11. The third-order valence-electron chi connectivity index (χ3n) is 4.71. The molecular weight excluding hydrogens is 348 g/mol. The number of rotatable bonds is 5. The molecule has 2 heterocycles. The van der Waals surface area contributed by atoms with Crippen LogP contribution < -0.4 is 9.64 Å². The highest BCUT2D eigenvalue weighted by atomic mass is 32.1. The molecule has 1 atom stereocenters. The molecular formula is C20H20N2O3S. The number of para-hydroxylation sites is 2. The number of thiazole rings is 1. The van der Waals surface area contributed by atoms with Crippen molar-refractivity contribution in [3.05, 3.63) is 54.1 Å². The number of carboxylic acid groups (broad SMARTS) is 1. The number of fused-ring (bicyclic) bond motifs is 1. The first-order chi connectivity index (χ1) is 12.7. The van der Waals surface area contributed by atoms with Gasteiger partial charge < -0.3 is 14.7 Å². The van der Waals surface area contributed by atoms with Crippen molar-refractivity contribution < 1.29 is 14.6 Å². The number of aromatic carboxylic acids is 1. The van der Waals surface area contributed by atoms with Crippen LogP contribution in [0, 0.1) is 5.92 Å². The molecule has 1 saturated heterocycles. The van der Waals surface area contributed by atoms with Crippen molar-refractivity contribution in [1.82, 2.24) is 4.98 Å². The number of carbonyl (C=O) groups is 1. The normalized spacial score (nSPS) is 17.4. The van der Waals surface area contributed by atoms with E-state index in [9.17, 15) is 9.90 Å². The van der Waals surface area contributed by atoms with E-state index in [4.69, 9.17) is 4.74 Å². The zero-order chi connectivity index (χ0) is 17.9. The monoisotopic (exact) mass is 368 g/mol. The zero-order valence-electron chi connectivity index (χ0n) is 14.3. The van der Waals surface area contributed by atoms with Crippen molar-refractivity contribution in [2.24, 2.45) is 5.92 Å². The van der Waals surface area contributed by atoms with Crippen LogP contribution in [0.3, 0.4) is 0 Å². The molecule has 134 valence electrons. The van der Waals surface area contributed by atoms with Crippen LogP contribution in [0.15, 0.2) is 48.5 Å². The standard InChI is InChI=1S/C20H20N2O3S/c23-19(24)15-7-1-3-9-17(15)22-11-5-6-14(12-22)13-25-20-21-16-8-2-4-10-18(16)26-20/h1-4,7-10,14H,5-6,11-13H2,(H,23,24). The highest BCUT2D eigenvalue weighted by molar-refractivity contribution is 7.20. The third kappa shape index (κ3) is 3.51. The van der Waals surface area contributed by atoms with E-state index in [2.05, 4.69) is 9.88 Å². The van der Waals surface area contributed by atoms with Crippen molar-refractivity contribution in [2.45, 2.75) is 12.8 Å². The third-order valence-corrected chi connectivity index (χ3v) is 5.66. The summed E-state index contributed by atoms with van der Waals surface area (Å²) in [4.78, 5) is 18.2. The van der Waals surface area contributed by atoms with Gasteiger partial charge in [-0.15, -0.1) is 0 Å². The summed E-state index contributed by atoms with van der Waals surface area (Å²) < 4.78 is 7.08. The van der Waals surface area contributed by atoms with Gasteiger partial charge in [-0.25, -0.2) is 9.78 Å². The second-order valence-electron chi connectivity index (χ2n) is 6.54. The molecule has 1 aliphatic rings. The molecule has 0 saturated carbocycles. The summed E-state index contributed by atoms with van der Waals surface area (Å²) in [5.74, 6) is -0.522. The van der Waals surface area contributed by atoms with Gasteiger partial charge in [0.25, 0.3) is 5.19 Å². The fourth-order valence-electron chi connectivity index (χ4n) is 3.45. The molecule has 3 aromatic rings. The van der Waals surface area contributed by atoms with E-state index < -0.39 is 5.97 Å². The number of aromatic nitrogens is 1. The summed E-state index contributed by atoms with van der Waals surface area (Å²) in [6, 6.07) is 15.2. The Bertz CT molecular complexity index is 891. The Balaban J connectivity index is 1.43. The number of anilines is 1. The smallest absolute Gasteiger partial charge is 0.337 e. The summed E-state index contributed by atoms with van der Waals surface area (Å²) in [5.41, 5.74) is 2.12. The summed E-state index contributed by atoms with van der Waals surface area (Å²) >= 11 is 1.56. The highest BCUT2D eigenvalue weighted by Crippen LogP contribution is 2.30. The van der Waals surface area contributed by atoms with Crippen LogP contribution in [-0.4, -0.2) is 35.8 Å². The summed E-state index contributed by atoms with van der Waals surface area (Å²) in [5, 5.41) is 10.1. The summed E-state index contributed by atoms with van der Waals surface area (Å²) in [6.45, 7) is 2.28. The summed E-state index contributed by atoms with van der Waals surface area (Å²) in [7, 11) is 0. The SMILES string of the molecule is O=C(O)c1ccccc1N1CCCC(COc2nc3ccccc3s2)C1. The Morgan fingerprint density at radius 2 is 2.04 bits per heavy atom. The molecule has 4 rings (SSSR count). The average molecular weight is 368 g/mol. The highest BCUT2D eigenvalue weighted by Gasteiger charge is 2.24. The molecule has 0 amide bonds. The molecule has 0 spiro atoms. The maximum atomic E-state index is 11.5. The van der Waals surface area contributed by atoms with Crippen molar-refractivity contribution in [3.63, 3.8) is 0 Å². The molecule has 26 heavy (non-hydrogen) atoms. The van der Waals surface area contributed by atoms with Gasteiger partial charge in [-0.05, 0) is 37.1 Å². The fourth-order valence-corrected chi connectivity index (χ4v) is 4.28. The molecule has 6 heteroatoms. The lowest BCUT2D eigenvalue weighted by atomic mass is 9.97. The van der Waals surface area contributed by atoms with Crippen molar-refractivity contribution in [1.29, 1.82) is 0 Å². The lowest BCUT2D eigenvalue weighted by Crippen LogP contribution is -2.38. The Labute approximate surface area is 155 Å². The first-order valence-corrected chi connectivity index (χ1v) is 9.58. The molecule has 0 bridgehead atoms. The first-order valence-electron chi connectivity index (χ1n) is 8.76. The van der Waals surface area contributed by atoms with E-state index >= 15 is 0 Å². The number of hydrogen-bond donors (Lipinski definition) is 1. The molecule has 0 radical (unpaired) electrons. The molecule has 1 aromatic heterocycles. The Hall–Kier alpha value is -2.60. The molecule has 1 unspecified atom stereocenters. The number of benzene rings is 2. The van der Waals surface area contributed by atoms with Gasteiger partial charge in [-0.3, -0.25) is 0 Å². The molecule has 1 fully saturated rings. The van der Waals surface area contributed by atoms with Crippen LogP contribution in [0.1, 0.15) is 23.2 Å².